The Kier molecular flexibility index (Phi) is 6.55. The number of carbonyl (C=O) groups excluding carboxylic acids is 3. The van der Waals surface area contributed by atoms with E-state index in [1.807, 2.05) is 24.3 Å². The first kappa shape index (κ1) is 22.6. The first-order valence-corrected chi connectivity index (χ1v) is 10.6. The molecule has 164 valence electrons. The molecule has 2 N–H and O–H groups in total. The minimum absolute atomic E-state index is 0.361. The maximum Gasteiger partial charge on any atom is 0.325 e. The summed E-state index contributed by atoms with van der Waals surface area (Å²) in [6.45, 7) is 8.45. The zero-order valence-electron chi connectivity index (χ0n) is 18.1. The third-order valence-corrected chi connectivity index (χ3v) is 5.70. The monoisotopic (exact) mass is 442 g/mol. The van der Waals surface area contributed by atoms with Gasteiger partial charge in [0.25, 0.3) is 5.91 Å². The predicted octanol–water partition coefficient (Wildman–Crippen LogP) is 3.98. The highest BCUT2D eigenvalue weighted by Gasteiger charge is 2.49. The molecule has 2 aromatic rings. The lowest BCUT2D eigenvalue weighted by Crippen LogP contribution is -2.42. The minimum Gasteiger partial charge on any atom is -0.369 e. The number of benzene rings is 2. The van der Waals surface area contributed by atoms with E-state index in [-0.39, 0.29) is 6.54 Å². The standard InChI is InChI=1S/C23H27ClN4O3/c1-5-27(15(2)3)19-12-10-18(11-13-19)25-20(29)14-28-21(30)23(4,26-22(28)31)16-6-8-17(24)9-7-16/h6-13,15H,5,14H2,1-4H3,(H,25,29)(H,26,31)/t23-/m1/s1. The second-order valence-electron chi connectivity index (χ2n) is 7.93. The molecule has 0 radical (unpaired) electrons. The van der Waals surface area contributed by atoms with Crippen LogP contribution in [-0.4, -0.2) is 41.9 Å². The van der Waals surface area contributed by atoms with E-state index in [9.17, 15) is 14.4 Å². The van der Waals surface area contributed by atoms with Gasteiger partial charge in [0.05, 0.1) is 0 Å². The lowest BCUT2D eigenvalue weighted by molar-refractivity contribution is -0.133. The number of hydrogen-bond acceptors (Lipinski definition) is 4. The number of amides is 4. The Morgan fingerprint density at radius 2 is 1.74 bits per heavy atom. The molecule has 31 heavy (non-hydrogen) atoms. The SMILES string of the molecule is CCN(c1ccc(NC(=O)CN2C(=O)N[C@](C)(c3ccc(Cl)cc3)C2=O)cc1)C(C)C. The highest BCUT2D eigenvalue weighted by Crippen LogP contribution is 2.29. The van der Waals surface area contributed by atoms with Crippen molar-refractivity contribution in [3.8, 4) is 0 Å². The summed E-state index contributed by atoms with van der Waals surface area (Å²) in [6, 6.07) is 13.9. The molecule has 1 atom stereocenters. The van der Waals surface area contributed by atoms with Gasteiger partial charge < -0.3 is 15.5 Å². The molecule has 0 aromatic heterocycles. The summed E-state index contributed by atoms with van der Waals surface area (Å²) < 4.78 is 0. The summed E-state index contributed by atoms with van der Waals surface area (Å²) >= 11 is 5.92. The van der Waals surface area contributed by atoms with Crippen molar-refractivity contribution in [2.75, 3.05) is 23.3 Å². The number of anilines is 2. The quantitative estimate of drug-likeness (QED) is 0.635. The van der Waals surface area contributed by atoms with E-state index in [4.69, 9.17) is 11.6 Å². The molecule has 0 saturated carbocycles. The van der Waals surface area contributed by atoms with Crippen molar-refractivity contribution in [1.82, 2.24) is 10.2 Å². The maximum absolute atomic E-state index is 13.0. The normalized spacial score (nSPS) is 18.3. The Hall–Kier alpha value is -3.06. The number of nitrogens with zero attached hydrogens (tertiary/aromatic N) is 2. The van der Waals surface area contributed by atoms with Crippen LogP contribution in [-0.2, 0) is 15.1 Å². The van der Waals surface area contributed by atoms with Gasteiger partial charge >= 0.3 is 6.03 Å². The first-order valence-electron chi connectivity index (χ1n) is 10.2. The predicted molar refractivity (Wildman–Crippen MR) is 122 cm³/mol. The number of urea groups is 1. The van der Waals surface area contributed by atoms with E-state index >= 15 is 0 Å². The van der Waals surface area contributed by atoms with Crippen LogP contribution < -0.4 is 15.5 Å². The van der Waals surface area contributed by atoms with Gasteiger partial charge in [-0.15, -0.1) is 0 Å². The molecule has 1 saturated heterocycles. The van der Waals surface area contributed by atoms with Crippen LogP contribution in [0.3, 0.4) is 0 Å². The summed E-state index contributed by atoms with van der Waals surface area (Å²) in [7, 11) is 0. The summed E-state index contributed by atoms with van der Waals surface area (Å²) in [5, 5.41) is 5.96. The zero-order valence-corrected chi connectivity index (χ0v) is 18.9. The number of rotatable bonds is 7. The van der Waals surface area contributed by atoms with Crippen molar-refractivity contribution in [2.45, 2.75) is 39.3 Å². The number of imide groups is 1. The van der Waals surface area contributed by atoms with Gasteiger partial charge in [0.15, 0.2) is 0 Å². The fraction of sp³-hybridized carbons (Fsp3) is 0.348. The summed E-state index contributed by atoms with van der Waals surface area (Å²) in [5.41, 5.74) is 1.01. The topological polar surface area (TPSA) is 81.8 Å². The highest BCUT2D eigenvalue weighted by molar-refractivity contribution is 6.30. The van der Waals surface area contributed by atoms with E-state index in [1.165, 1.54) is 0 Å². The Labute approximate surface area is 187 Å². The van der Waals surface area contributed by atoms with Crippen molar-refractivity contribution in [1.29, 1.82) is 0 Å². The van der Waals surface area contributed by atoms with E-state index in [0.29, 0.717) is 22.3 Å². The molecule has 0 spiro atoms. The van der Waals surface area contributed by atoms with Gasteiger partial charge in [0, 0.05) is 29.0 Å². The smallest absolute Gasteiger partial charge is 0.325 e. The molecular weight excluding hydrogens is 416 g/mol. The van der Waals surface area contributed by atoms with Crippen molar-refractivity contribution >= 4 is 40.8 Å². The number of carbonyl (C=O) groups is 3. The molecule has 1 fully saturated rings. The molecule has 8 heteroatoms. The summed E-state index contributed by atoms with van der Waals surface area (Å²) in [4.78, 5) is 41.1. The molecule has 0 unspecified atom stereocenters. The molecule has 7 nitrogen and oxygen atoms in total. The van der Waals surface area contributed by atoms with E-state index in [1.54, 1.807) is 31.2 Å². The van der Waals surface area contributed by atoms with Crippen LogP contribution >= 0.6 is 11.6 Å². The molecule has 1 aliphatic rings. The van der Waals surface area contributed by atoms with Crippen molar-refractivity contribution < 1.29 is 14.4 Å². The fourth-order valence-corrected chi connectivity index (χ4v) is 3.87. The third-order valence-electron chi connectivity index (χ3n) is 5.45. The van der Waals surface area contributed by atoms with Crippen LogP contribution in [0.15, 0.2) is 48.5 Å². The van der Waals surface area contributed by atoms with Crippen LogP contribution in [0.25, 0.3) is 0 Å². The van der Waals surface area contributed by atoms with Gasteiger partial charge in [0.1, 0.15) is 12.1 Å². The largest absolute Gasteiger partial charge is 0.369 e. The molecule has 2 aromatic carbocycles. The number of hydrogen-bond donors (Lipinski definition) is 2. The van der Waals surface area contributed by atoms with Gasteiger partial charge in [-0.3, -0.25) is 14.5 Å². The van der Waals surface area contributed by atoms with E-state index in [0.717, 1.165) is 17.1 Å². The second kappa shape index (κ2) is 8.98. The van der Waals surface area contributed by atoms with E-state index in [2.05, 4.69) is 36.3 Å². The van der Waals surface area contributed by atoms with Gasteiger partial charge in [-0.1, -0.05) is 23.7 Å². The molecule has 1 aliphatic heterocycles. The third kappa shape index (κ3) is 4.66. The van der Waals surface area contributed by atoms with Gasteiger partial charge in [0.2, 0.25) is 5.91 Å². The number of nitrogens with one attached hydrogen (secondary N) is 2. The second-order valence-corrected chi connectivity index (χ2v) is 8.36. The van der Waals surface area contributed by atoms with Gasteiger partial charge in [-0.2, -0.15) is 0 Å². The van der Waals surface area contributed by atoms with Crippen LogP contribution in [0, 0.1) is 0 Å². The zero-order chi connectivity index (χ0) is 22.8. The first-order chi connectivity index (χ1) is 14.7. The molecule has 0 bridgehead atoms. The Morgan fingerprint density at radius 3 is 2.29 bits per heavy atom. The van der Waals surface area contributed by atoms with Crippen molar-refractivity contribution in [3.05, 3.63) is 59.1 Å². The van der Waals surface area contributed by atoms with Gasteiger partial charge in [-0.25, -0.2) is 4.79 Å². The van der Waals surface area contributed by atoms with Crippen molar-refractivity contribution in [3.63, 3.8) is 0 Å². The summed E-state index contributed by atoms with van der Waals surface area (Å²) in [5.74, 6) is -0.936. The van der Waals surface area contributed by atoms with Crippen LogP contribution in [0.5, 0.6) is 0 Å². The maximum atomic E-state index is 13.0. The Morgan fingerprint density at radius 1 is 1.13 bits per heavy atom. The minimum atomic E-state index is -1.25. The Bertz CT molecular complexity index is 975. The molecule has 0 aliphatic carbocycles. The van der Waals surface area contributed by atoms with Gasteiger partial charge in [-0.05, 0) is 69.7 Å². The number of halogens is 1. The van der Waals surface area contributed by atoms with E-state index < -0.39 is 23.4 Å². The Balaban J connectivity index is 1.67. The highest BCUT2D eigenvalue weighted by atomic mass is 35.5. The van der Waals surface area contributed by atoms with Crippen molar-refractivity contribution in [2.24, 2.45) is 0 Å². The lowest BCUT2D eigenvalue weighted by atomic mass is 9.92. The average molecular weight is 443 g/mol. The van der Waals surface area contributed by atoms with Crippen LogP contribution in [0.2, 0.25) is 5.02 Å². The fourth-order valence-electron chi connectivity index (χ4n) is 3.75. The van der Waals surface area contributed by atoms with Crippen LogP contribution in [0.4, 0.5) is 16.2 Å². The van der Waals surface area contributed by atoms with Crippen LogP contribution in [0.1, 0.15) is 33.3 Å². The molecule has 3 rings (SSSR count). The molecule has 1 heterocycles. The molecule has 4 amide bonds. The lowest BCUT2D eigenvalue weighted by Gasteiger charge is -2.27. The summed E-state index contributed by atoms with van der Waals surface area (Å²) in [6.07, 6.45) is 0. The molecular formula is C23H27ClN4O3. The average Bonchev–Trinajstić information content (AvgIpc) is 2.94.